The number of carbonyl (C=O) groups is 3. The molecule has 8 heteroatoms. The van der Waals surface area contributed by atoms with E-state index in [1.807, 2.05) is 24.3 Å². The quantitative estimate of drug-likeness (QED) is 0.409. The van der Waals surface area contributed by atoms with Crippen molar-refractivity contribution in [1.82, 2.24) is 5.32 Å². The number of aliphatic carboxylic acids is 1. The fourth-order valence-electron chi connectivity index (χ4n) is 4.07. The number of rotatable bonds is 8. The maximum Gasteiger partial charge on any atom is 0.411 e. The lowest BCUT2D eigenvalue weighted by molar-refractivity contribution is -0.142. The van der Waals surface area contributed by atoms with Gasteiger partial charge in [0.2, 0.25) is 5.91 Å². The Balaban J connectivity index is 1.32. The topological polar surface area (TPSA) is 125 Å². The zero-order chi connectivity index (χ0) is 24.1. The van der Waals surface area contributed by atoms with E-state index in [1.54, 1.807) is 24.3 Å². The summed E-state index contributed by atoms with van der Waals surface area (Å²) in [7, 11) is 0. The van der Waals surface area contributed by atoms with Crippen molar-refractivity contribution in [3.8, 4) is 11.1 Å². The summed E-state index contributed by atoms with van der Waals surface area (Å²) in [6, 6.07) is 21.4. The van der Waals surface area contributed by atoms with Gasteiger partial charge in [0.1, 0.15) is 12.6 Å². The molecule has 0 saturated carbocycles. The number of carbonyl (C=O) groups excluding carboxylic acids is 2. The molecule has 0 radical (unpaired) electrons. The minimum atomic E-state index is -1.35. The molecule has 1 aliphatic carbocycles. The first-order valence-electron chi connectivity index (χ1n) is 10.8. The number of carboxylic acids is 1. The number of carboxylic acid groups (broad SMARTS) is 1. The molecule has 0 spiro atoms. The average molecular weight is 460 g/mol. The van der Waals surface area contributed by atoms with Gasteiger partial charge >= 0.3 is 12.1 Å². The Morgan fingerprint density at radius 3 is 2.03 bits per heavy atom. The van der Waals surface area contributed by atoms with E-state index in [0.717, 1.165) is 22.3 Å². The zero-order valence-electron chi connectivity index (χ0n) is 18.2. The first-order chi connectivity index (χ1) is 16.5. The zero-order valence-corrected chi connectivity index (χ0v) is 18.2. The van der Waals surface area contributed by atoms with Crippen LogP contribution in [0.1, 0.15) is 22.6 Å². The highest BCUT2D eigenvalue weighted by atomic mass is 16.5. The summed E-state index contributed by atoms with van der Waals surface area (Å²) >= 11 is 0. The monoisotopic (exact) mass is 460 g/mol. The van der Waals surface area contributed by atoms with E-state index >= 15 is 0 Å². The van der Waals surface area contributed by atoms with Crippen molar-refractivity contribution in [1.29, 1.82) is 0 Å². The van der Waals surface area contributed by atoms with Crippen molar-refractivity contribution >= 4 is 23.7 Å². The molecule has 34 heavy (non-hydrogen) atoms. The van der Waals surface area contributed by atoms with Gasteiger partial charge in [-0.3, -0.25) is 10.1 Å². The molecule has 1 aliphatic rings. The fraction of sp³-hybridized carbons (Fsp3) is 0.192. The summed E-state index contributed by atoms with van der Waals surface area (Å²) in [5.41, 5.74) is 5.69. The summed E-state index contributed by atoms with van der Waals surface area (Å²) in [6.07, 6.45) is -0.644. The number of hydrogen-bond donors (Lipinski definition) is 4. The third kappa shape index (κ3) is 5.07. The second kappa shape index (κ2) is 10.2. The van der Waals surface area contributed by atoms with Crippen molar-refractivity contribution in [2.24, 2.45) is 0 Å². The van der Waals surface area contributed by atoms with Crippen LogP contribution in [0.5, 0.6) is 0 Å². The van der Waals surface area contributed by atoms with Gasteiger partial charge in [0.25, 0.3) is 0 Å². The molecular formula is C26H24N2O6. The van der Waals surface area contributed by atoms with Gasteiger partial charge in [-0.15, -0.1) is 0 Å². The number of amides is 2. The van der Waals surface area contributed by atoms with Gasteiger partial charge in [-0.05, 0) is 39.9 Å². The molecule has 0 unspecified atom stereocenters. The molecule has 3 aromatic carbocycles. The third-order valence-corrected chi connectivity index (χ3v) is 5.72. The van der Waals surface area contributed by atoms with E-state index in [-0.39, 0.29) is 18.9 Å². The number of ether oxygens (including phenoxy) is 1. The SMILES string of the molecule is O=C(Cc1ccc(NC(=O)OCC2c3ccccc3-c3ccccc32)cc1)N[C@@H](CO)C(=O)O. The molecule has 8 nitrogen and oxygen atoms in total. The number of aliphatic hydroxyl groups is 1. The van der Waals surface area contributed by atoms with Gasteiger partial charge in [0.15, 0.2) is 0 Å². The van der Waals surface area contributed by atoms with E-state index < -0.39 is 30.6 Å². The van der Waals surface area contributed by atoms with Gasteiger partial charge in [0.05, 0.1) is 13.0 Å². The highest BCUT2D eigenvalue weighted by molar-refractivity contribution is 5.86. The van der Waals surface area contributed by atoms with E-state index in [4.69, 9.17) is 14.9 Å². The van der Waals surface area contributed by atoms with Crippen LogP contribution in [0.15, 0.2) is 72.8 Å². The first-order valence-corrected chi connectivity index (χ1v) is 10.8. The normalized spacial score (nSPS) is 12.9. The van der Waals surface area contributed by atoms with Gasteiger partial charge < -0.3 is 20.3 Å². The maximum absolute atomic E-state index is 12.4. The fourth-order valence-corrected chi connectivity index (χ4v) is 4.07. The van der Waals surface area contributed by atoms with E-state index in [1.165, 1.54) is 0 Å². The lowest BCUT2D eigenvalue weighted by atomic mass is 9.98. The maximum atomic E-state index is 12.4. The second-order valence-corrected chi connectivity index (χ2v) is 7.97. The van der Waals surface area contributed by atoms with E-state index in [9.17, 15) is 14.4 Å². The summed E-state index contributed by atoms with van der Waals surface area (Å²) in [4.78, 5) is 35.3. The average Bonchev–Trinajstić information content (AvgIpc) is 3.16. The molecule has 0 bridgehead atoms. The Hall–Kier alpha value is -4.17. The van der Waals surface area contributed by atoms with Crippen molar-refractivity contribution in [2.45, 2.75) is 18.4 Å². The predicted octanol–water partition coefficient (Wildman–Crippen LogP) is 3.15. The standard InChI is InChI=1S/C26H24N2O6/c29-14-23(25(31)32)28-24(30)13-16-9-11-17(12-10-16)27-26(33)34-15-22-20-7-3-1-5-18(20)19-6-2-4-8-21(19)22/h1-12,22-23,29H,13-15H2,(H,27,33)(H,28,30)(H,31,32)/t23-/m0/s1. The van der Waals surface area contributed by atoms with Crippen LogP contribution in [0.3, 0.4) is 0 Å². The smallest absolute Gasteiger partial charge is 0.411 e. The lowest BCUT2D eigenvalue weighted by Crippen LogP contribution is -2.43. The number of benzene rings is 3. The molecule has 4 N–H and O–H groups in total. The Kier molecular flexibility index (Phi) is 6.89. The molecule has 4 rings (SSSR count). The van der Waals surface area contributed by atoms with Crippen LogP contribution >= 0.6 is 0 Å². The van der Waals surface area contributed by atoms with Crippen molar-refractivity contribution in [3.05, 3.63) is 89.5 Å². The third-order valence-electron chi connectivity index (χ3n) is 5.72. The highest BCUT2D eigenvalue weighted by Crippen LogP contribution is 2.44. The van der Waals surface area contributed by atoms with Crippen LogP contribution < -0.4 is 10.6 Å². The number of aliphatic hydroxyl groups excluding tert-OH is 1. The van der Waals surface area contributed by atoms with Gasteiger partial charge in [0, 0.05) is 11.6 Å². The van der Waals surface area contributed by atoms with Crippen LogP contribution in [0.2, 0.25) is 0 Å². The molecule has 0 aliphatic heterocycles. The number of nitrogens with one attached hydrogen (secondary N) is 2. The first kappa shape index (κ1) is 23.0. The number of fused-ring (bicyclic) bond motifs is 3. The van der Waals surface area contributed by atoms with Crippen LogP contribution in [0.25, 0.3) is 11.1 Å². The van der Waals surface area contributed by atoms with Gasteiger partial charge in [-0.1, -0.05) is 60.7 Å². The van der Waals surface area contributed by atoms with Gasteiger partial charge in [-0.2, -0.15) is 0 Å². The van der Waals surface area contributed by atoms with Crippen molar-refractivity contribution in [2.75, 3.05) is 18.5 Å². The van der Waals surface area contributed by atoms with Gasteiger partial charge in [-0.25, -0.2) is 9.59 Å². The molecule has 3 aromatic rings. The largest absolute Gasteiger partial charge is 0.480 e. The number of anilines is 1. The molecule has 0 aromatic heterocycles. The minimum absolute atomic E-state index is 0.0346. The molecule has 2 amide bonds. The summed E-state index contributed by atoms with van der Waals surface area (Å²) in [5.74, 6) is -1.87. The van der Waals surface area contributed by atoms with E-state index in [2.05, 4.69) is 34.9 Å². The van der Waals surface area contributed by atoms with Crippen molar-refractivity contribution in [3.63, 3.8) is 0 Å². The predicted molar refractivity (Wildman–Crippen MR) is 125 cm³/mol. The molecule has 174 valence electrons. The molecule has 1 atom stereocenters. The van der Waals surface area contributed by atoms with E-state index in [0.29, 0.717) is 11.3 Å². The minimum Gasteiger partial charge on any atom is -0.480 e. The lowest BCUT2D eigenvalue weighted by Gasteiger charge is -2.15. The van der Waals surface area contributed by atoms with Crippen LogP contribution in [0, 0.1) is 0 Å². The summed E-state index contributed by atoms with van der Waals surface area (Å²) < 4.78 is 5.52. The Morgan fingerprint density at radius 1 is 0.882 bits per heavy atom. The Morgan fingerprint density at radius 2 is 1.47 bits per heavy atom. The second-order valence-electron chi connectivity index (χ2n) is 7.97. The summed E-state index contributed by atoms with van der Waals surface area (Å²) in [5, 5.41) is 22.8. The molecule has 0 saturated heterocycles. The Bertz CT molecular complexity index is 1160. The Labute approximate surface area is 196 Å². The molecule has 0 heterocycles. The van der Waals surface area contributed by atoms with Crippen LogP contribution in [0.4, 0.5) is 10.5 Å². The molecular weight excluding hydrogens is 436 g/mol. The van der Waals surface area contributed by atoms with Crippen molar-refractivity contribution < 1.29 is 29.3 Å². The van der Waals surface area contributed by atoms with Crippen LogP contribution in [-0.4, -0.2) is 47.4 Å². The molecule has 0 fully saturated rings. The highest BCUT2D eigenvalue weighted by Gasteiger charge is 2.29. The number of hydrogen-bond acceptors (Lipinski definition) is 5. The van der Waals surface area contributed by atoms with Crippen LogP contribution in [-0.2, 0) is 20.7 Å². The summed E-state index contributed by atoms with van der Waals surface area (Å²) in [6.45, 7) is -0.488.